The van der Waals surface area contributed by atoms with Crippen molar-refractivity contribution in [2.45, 2.75) is 6.10 Å². The second-order valence-corrected chi connectivity index (χ2v) is 1.76. The Bertz CT molecular complexity index is 149. The smallest absolute Gasteiger partial charge is 0.377 e. The second kappa shape index (κ2) is 4.81. The number of hydrogen-bond acceptors (Lipinski definition) is 5. The molecule has 64 valence electrons. The predicted octanol–water partition coefficient (Wildman–Crippen LogP) is -1.26. The third-order valence-corrected chi connectivity index (χ3v) is 1.13. The van der Waals surface area contributed by atoms with E-state index in [2.05, 4.69) is 9.47 Å². The molecule has 0 saturated heterocycles. The second-order valence-electron chi connectivity index (χ2n) is 1.76. The zero-order valence-electron chi connectivity index (χ0n) is 6.36. The van der Waals surface area contributed by atoms with Crippen LogP contribution < -0.4 is 0 Å². The van der Waals surface area contributed by atoms with E-state index in [1.165, 1.54) is 7.11 Å². The molecular formula is C6H10O5. The minimum atomic E-state index is -1.11. The third kappa shape index (κ3) is 2.65. The van der Waals surface area contributed by atoms with Crippen LogP contribution in [0.15, 0.2) is 0 Å². The number of esters is 1. The van der Waals surface area contributed by atoms with Gasteiger partial charge in [-0.1, -0.05) is 0 Å². The van der Waals surface area contributed by atoms with Crippen molar-refractivity contribution < 1.29 is 24.2 Å². The average molecular weight is 162 g/mol. The number of aliphatic hydroxyl groups is 1. The van der Waals surface area contributed by atoms with Gasteiger partial charge in [-0.25, -0.2) is 4.79 Å². The molecule has 1 N–H and O–H groups in total. The number of ether oxygens (including phenoxy) is 2. The molecule has 5 nitrogen and oxygen atoms in total. The molecule has 0 aromatic heterocycles. The van der Waals surface area contributed by atoms with Crippen LogP contribution in [0, 0.1) is 0 Å². The molecule has 5 heteroatoms. The van der Waals surface area contributed by atoms with Crippen molar-refractivity contribution in [2.24, 2.45) is 0 Å². The molecule has 1 unspecified atom stereocenters. The van der Waals surface area contributed by atoms with Gasteiger partial charge in [-0.05, 0) is 0 Å². The fraction of sp³-hybridized carbons (Fsp3) is 0.667. The number of hydrogen-bond donors (Lipinski definition) is 1. The summed E-state index contributed by atoms with van der Waals surface area (Å²) in [7, 11) is 2.31. The van der Waals surface area contributed by atoms with E-state index in [4.69, 9.17) is 5.11 Å². The molecule has 0 rings (SSSR count). The summed E-state index contributed by atoms with van der Waals surface area (Å²) in [5.41, 5.74) is 0. The van der Waals surface area contributed by atoms with Crippen molar-refractivity contribution >= 4 is 11.8 Å². The van der Waals surface area contributed by atoms with E-state index in [9.17, 15) is 9.59 Å². The average Bonchev–Trinajstić information content (AvgIpc) is 2.05. The number of rotatable bonds is 4. The van der Waals surface area contributed by atoms with Crippen molar-refractivity contribution in [3.05, 3.63) is 0 Å². The highest BCUT2D eigenvalue weighted by atomic mass is 16.5. The van der Waals surface area contributed by atoms with Gasteiger partial charge >= 0.3 is 5.97 Å². The Morgan fingerprint density at radius 3 is 2.27 bits per heavy atom. The summed E-state index contributed by atoms with van der Waals surface area (Å²) >= 11 is 0. The van der Waals surface area contributed by atoms with Crippen LogP contribution in [0.3, 0.4) is 0 Å². The highest BCUT2D eigenvalue weighted by molar-refractivity contribution is 6.35. The van der Waals surface area contributed by atoms with Crippen molar-refractivity contribution in [2.75, 3.05) is 20.8 Å². The van der Waals surface area contributed by atoms with Crippen molar-refractivity contribution in [1.82, 2.24) is 0 Å². The minimum Gasteiger partial charge on any atom is -0.463 e. The zero-order valence-corrected chi connectivity index (χ0v) is 6.36. The molecular weight excluding hydrogens is 152 g/mol. The van der Waals surface area contributed by atoms with Crippen molar-refractivity contribution in [3.63, 3.8) is 0 Å². The molecule has 0 amide bonds. The van der Waals surface area contributed by atoms with E-state index < -0.39 is 24.5 Å². The van der Waals surface area contributed by atoms with E-state index >= 15 is 0 Å². The maximum absolute atomic E-state index is 10.8. The van der Waals surface area contributed by atoms with Gasteiger partial charge in [0, 0.05) is 7.11 Å². The molecule has 0 aliphatic heterocycles. The normalized spacial score (nSPS) is 12.3. The van der Waals surface area contributed by atoms with Gasteiger partial charge in [-0.2, -0.15) is 0 Å². The lowest BCUT2D eigenvalue weighted by atomic mass is 10.2. The van der Waals surface area contributed by atoms with E-state index in [0.29, 0.717) is 0 Å². The van der Waals surface area contributed by atoms with Gasteiger partial charge in [0.25, 0.3) is 5.78 Å². The predicted molar refractivity (Wildman–Crippen MR) is 34.9 cm³/mol. The number of carbonyl (C=O) groups excluding carboxylic acids is 2. The number of aliphatic hydroxyl groups excluding tert-OH is 1. The fourth-order valence-electron chi connectivity index (χ4n) is 0.497. The van der Waals surface area contributed by atoms with Crippen LogP contribution in [-0.4, -0.2) is 43.8 Å². The summed E-state index contributed by atoms with van der Waals surface area (Å²) in [5.74, 6) is -1.89. The standard InChI is InChI=1S/C6H10O5/c1-10-4(3-7)5(8)6(9)11-2/h4,7H,3H2,1-2H3. The lowest BCUT2D eigenvalue weighted by Crippen LogP contribution is -2.33. The number of methoxy groups -OCH3 is 2. The summed E-state index contributed by atoms with van der Waals surface area (Å²) in [6.07, 6.45) is -1.11. The summed E-state index contributed by atoms with van der Waals surface area (Å²) in [6.45, 7) is -0.523. The Labute approximate surface area is 63.9 Å². The molecule has 0 aromatic carbocycles. The van der Waals surface area contributed by atoms with Gasteiger partial charge in [0.1, 0.15) is 6.10 Å². The minimum absolute atomic E-state index is 0.523. The van der Waals surface area contributed by atoms with Crippen LogP contribution in [0.25, 0.3) is 0 Å². The van der Waals surface area contributed by atoms with E-state index in [1.54, 1.807) is 0 Å². The molecule has 0 heterocycles. The largest absolute Gasteiger partial charge is 0.463 e. The Hall–Kier alpha value is -0.940. The van der Waals surface area contributed by atoms with Crippen molar-refractivity contribution in [1.29, 1.82) is 0 Å². The van der Waals surface area contributed by atoms with Crippen LogP contribution in [-0.2, 0) is 19.1 Å². The molecule has 0 bridgehead atoms. The first-order valence-corrected chi connectivity index (χ1v) is 2.93. The third-order valence-electron chi connectivity index (χ3n) is 1.13. The molecule has 0 radical (unpaired) electrons. The van der Waals surface area contributed by atoms with Crippen LogP contribution in [0.1, 0.15) is 0 Å². The van der Waals surface area contributed by atoms with Crippen molar-refractivity contribution in [3.8, 4) is 0 Å². The molecule has 11 heavy (non-hydrogen) atoms. The maximum Gasteiger partial charge on any atom is 0.377 e. The van der Waals surface area contributed by atoms with Crippen LogP contribution >= 0.6 is 0 Å². The van der Waals surface area contributed by atoms with Gasteiger partial charge in [0.2, 0.25) is 0 Å². The number of ketones is 1. The first-order chi connectivity index (χ1) is 5.17. The highest BCUT2D eigenvalue weighted by Gasteiger charge is 2.24. The SMILES string of the molecule is COC(=O)C(=O)C(CO)OC. The van der Waals surface area contributed by atoms with Gasteiger partial charge in [0.15, 0.2) is 0 Å². The topological polar surface area (TPSA) is 72.8 Å². The van der Waals surface area contributed by atoms with Gasteiger partial charge < -0.3 is 14.6 Å². The number of Topliss-reactive ketones (excluding diaryl/α,β-unsaturated/α-hetero) is 1. The number of carbonyl (C=O) groups is 2. The van der Waals surface area contributed by atoms with Crippen LogP contribution in [0.5, 0.6) is 0 Å². The summed E-state index contributed by atoms with van der Waals surface area (Å²) in [4.78, 5) is 21.3. The lowest BCUT2D eigenvalue weighted by molar-refractivity contribution is -0.157. The van der Waals surface area contributed by atoms with Crippen LogP contribution in [0.4, 0.5) is 0 Å². The molecule has 1 atom stereocenters. The Morgan fingerprint density at radius 2 is 2.00 bits per heavy atom. The summed E-state index contributed by atoms with van der Waals surface area (Å²) in [5, 5.41) is 8.49. The molecule has 0 aliphatic carbocycles. The van der Waals surface area contributed by atoms with Crippen LogP contribution in [0.2, 0.25) is 0 Å². The first kappa shape index (κ1) is 10.1. The fourth-order valence-corrected chi connectivity index (χ4v) is 0.497. The van der Waals surface area contributed by atoms with Gasteiger partial charge in [0.05, 0.1) is 13.7 Å². The summed E-state index contributed by atoms with van der Waals surface area (Å²) in [6, 6.07) is 0. The maximum atomic E-state index is 10.8. The zero-order chi connectivity index (χ0) is 8.85. The molecule has 0 saturated carbocycles. The monoisotopic (exact) mass is 162 g/mol. The molecule has 0 aromatic rings. The van der Waals surface area contributed by atoms with E-state index in [0.717, 1.165) is 7.11 Å². The Balaban J connectivity index is 4.09. The Morgan fingerprint density at radius 1 is 1.45 bits per heavy atom. The Kier molecular flexibility index (Phi) is 4.40. The van der Waals surface area contributed by atoms with E-state index in [1.807, 2.05) is 0 Å². The lowest BCUT2D eigenvalue weighted by Gasteiger charge is -2.07. The quantitative estimate of drug-likeness (QED) is 0.412. The first-order valence-electron chi connectivity index (χ1n) is 2.93. The van der Waals surface area contributed by atoms with E-state index in [-0.39, 0.29) is 0 Å². The van der Waals surface area contributed by atoms with Gasteiger partial charge in [-0.15, -0.1) is 0 Å². The summed E-state index contributed by atoms with van der Waals surface area (Å²) < 4.78 is 8.60. The molecule has 0 spiro atoms. The van der Waals surface area contributed by atoms with Gasteiger partial charge in [-0.3, -0.25) is 4.79 Å². The molecule has 0 aliphatic rings. The highest BCUT2D eigenvalue weighted by Crippen LogP contribution is 1.92. The molecule has 0 fully saturated rings.